The van der Waals surface area contributed by atoms with Gasteiger partial charge in [-0.2, -0.15) is 0 Å². The van der Waals surface area contributed by atoms with Gasteiger partial charge in [0.05, 0.1) is 10.6 Å². The average Bonchev–Trinajstić information content (AvgIpc) is 2.80. The van der Waals surface area contributed by atoms with Gasteiger partial charge in [-0.3, -0.25) is 4.79 Å². The van der Waals surface area contributed by atoms with Crippen molar-refractivity contribution in [3.05, 3.63) is 58.9 Å². The van der Waals surface area contributed by atoms with Crippen molar-refractivity contribution < 1.29 is 4.79 Å². The van der Waals surface area contributed by atoms with Crippen LogP contribution in [0.2, 0.25) is 5.02 Å². The molecule has 0 aliphatic carbocycles. The molecule has 4 N–H and O–H groups in total. The zero-order chi connectivity index (χ0) is 23.4. The lowest BCUT2D eigenvalue weighted by Crippen LogP contribution is -2.40. The Balaban J connectivity index is 1.32. The summed E-state index contributed by atoms with van der Waals surface area (Å²) >= 11 is 6.45. The van der Waals surface area contributed by atoms with Crippen LogP contribution < -0.4 is 16.4 Å². The fraction of sp³-hybridized carbons (Fsp3) is 0.400. The van der Waals surface area contributed by atoms with Crippen molar-refractivity contribution in [1.82, 2.24) is 20.2 Å². The molecule has 1 fully saturated rings. The van der Waals surface area contributed by atoms with Crippen molar-refractivity contribution in [2.45, 2.75) is 39.3 Å². The Morgan fingerprint density at radius 1 is 1.21 bits per heavy atom. The van der Waals surface area contributed by atoms with Gasteiger partial charge >= 0.3 is 0 Å². The molecule has 33 heavy (non-hydrogen) atoms. The Hall–Kier alpha value is -2.90. The molecule has 1 saturated heterocycles. The molecule has 0 unspecified atom stereocenters. The number of anilines is 2. The first-order valence-electron chi connectivity index (χ1n) is 11.4. The van der Waals surface area contributed by atoms with Crippen LogP contribution in [-0.4, -0.2) is 46.5 Å². The van der Waals surface area contributed by atoms with Crippen LogP contribution in [0.15, 0.2) is 42.7 Å². The summed E-state index contributed by atoms with van der Waals surface area (Å²) in [4.78, 5) is 23.7. The van der Waals surface area contributed by atoms with Crippen LogP contribution in [0.25, 0.3) is 10.8 Å². The van der Waals surface area contributed by atoms with Crippen molar-refractivity contribution in [3.63, 3.8) is 0 Å². The maximum Gasteiger partial charge on any atom is 0.253 e. The van der Waals surface area contributed by atoms with E-state index in [4.69, 9.17) is 17.3 Å². The lowest BCUT2D eigenvalue weighted by Gasteiger charge is -2.33. The highest BCUT2D eigenvalue weighted by molar-refractivity contribution is 6.33. The van der Waals surface area contributed by atoms with E-state index in [1.807, 2.05) is 24.3 Å². The molecule has 0 radical (unpaired) electrons. The summed E-state index contributed by atoms with van der Waals surface area (Å²) in [6.07, 6.45) is 5.36. The Morgan fingerprint density at radius 3 is 2.73 bits per heavy atom. The fourth-order valence-electron chi connectivity index (χ4n) is 4.28. The van der Waals surface area contributed by atoms with E-state index in [0.717, 1.165) is 48.8 Å². The molecule has 3 aromatic rings. The Bertz CT molecular complexity index is 1130. The van der Waals surface area contributed by atoms with E-state index in [1.165, 1.54) is 0 Å². The van der Waals surface area contributed by atoms with Crippen molar-refractivity contribution in [2.75, 3.05) is 30.7 Å². The number of likely N-dealkylation sites (tertiary alicyclic amines) is 1. The number of carbonyl (C=O) groups is 1. The first kappa shape index (κ1) is 23.3. The van der Waals surface area contributed by atoms with Crippen LogP contribution in [-0.2, 0) is 6.54 Å². The maximum absolute atomic E-state index is 12.6. The number of pyridine rings is 2. The van der Waals surface area contributed by atoms with Crippen molar-refractivity contribution in [2.24, 2.45) is 5.92 Å². The van der Waals surface area contributed by atoms with Gasteiger partial charge in [0.25, 0.3) is 5.91 Å². The number of hydrogen-bond donors (Lipinski definition) is 3. The lowest BCUT2D eigenvalue weighted by molar-refractivity contribution is 0.0950. The molecule has 2 aromatic heterocycles. The first-order valence-corrected chi connectivity index (χ1v) is 11.8. The predicted octanol–water partition coefficient (Wildman–Crippen LogP) is 4.33. The molecule has 0 saturated carbocycles. The van der Waals surface area contributed by atoms with Crippen LogP contribution in [0.3, 0.4) is 0 Å². The second-order valence-electron chi connectivity index (χ2n) is 9.10. The average molecular weight is 467 g/mol. The molecule has 4 rings (SSSR count). The Labute approximate surface area is 199 Å². The number of amides is 1. The largest absolute Gasteiger partial charge is 0.383 e. The summed E-state index contributed by atoms with van der Waals surface area (Å²) in [6, 6.07) is 9.78. The Kier molecular flexibility index (Phi) is 7.30. The quantitative estimate of drug-likeness (QED) is 0.479. The summed E-state index contributed by atoms with van der Waals surface area (Å²) in [5.41, 5.74) is 7.32. The minimum atomic E-state index is -0.215. The smallest absolute Gasteiger partial charge is 0.253 e. The number of nitrogen functional groups attached to an aromatic ring is 1. The number of nitrogens with zero attached hydrogens (tertiary/aromatic N) is 3. The number of hydrogen-bond acceptors (Lipinski definition) is 6. The zero-order valence-electron chi connectivity index (χ0n) is 19.1. The van der Waals surface area contributed by atoms with E-state index in [-0.39, 0.29) is 5.91 Å². The van der Waals surface area contributed by atoms with E-state index in [2.05, 4.69) is 39.3 Å². The minimum Gasteiger partial charge on any atom is -0.383 e. The molecule has 1 aliphatic rings. The molecule has 3 heterocycles. The minimum absolute atomic E-state index is 0.215. The van der Waals surface area contributed by atoms with Crippen molar-refractivity contribution >= 4 is 39.9 Å². The van der Waals surface area contributed by atoms with E-state index in [9.17, 15) is 4.79 Å². The molecule has 174 valence electrons. The van der Waals surface area contributed by atoms with Gasteiger partial charge < -0.3 is 21.3 Å². The highest BCUT2D eigenvalue weighted by atomic mass is 35.5. The third-order valence-corrected chi connectivity index (χ3v) is 6.26. The molecule has 0 atom stereocenters. The second kappa shape index (κ2) is 10.4. The van der Waals surface area contributed by atoms with Gasteiger partial charge in [0.2, 0.25) is 0 Å². The van der Waals surface area contributed by atoms with E-state index in [1.54, 1.807) is 18.5 Å². The molecule has 7 nitrogen and oxygen atoms in total. The van der Waals surface area contributed by atoms with Crippen molar-refractivity contribution in [1.29, 1.82) is 0 Å². The third kappa shape index (κ3) is 5.92. The first-order chi connectivity index (χ1) is 15.9. The molecule has 0 bridgehead atoms. The molecule has 0 spiro atoms. The SMILES string of the molecule is CC(C)CN1CCC(Nc2ncc(C(=O)NCc3ccc4c(N)nccc4c3)cc2Cl)CC1. The number of halogens is 1. The number of benzene rings is 1. The van der Waals surface area contributed by atoms with Gasteiger partial charge in [0, 0.05) is 50.0 Å². The van der Waals surface area contributed by atoms with E-state index >= 15 is 0 Å². The molecular weight excluding hydrogens is 436 g/mol. The van der Waals surface area contributed by atoms with Gasteiger partial charge in [-0.05, 0) is 47.9 Å². The highest BCUT2D eigenvalue weighted by Crippen LogP contribution is 2.24. The molecule has 1 aromatic carbocycles. The normalized spacial score (nSPS) is 15.2. The maximum atomic E-state index is 12.6. The summed E-state index contributed by atoms with van der Waals surface area (Å²) in [5, 5.41) is 8.73. The van der Waals surface area contributed by atoms with Gasteiger partial charge in [-0.25, -0.2) is 9.97 Å². The number of aromatic nitrogens is 2. The van der Waals surface area contributed by atoms with E-state index < -0.39 is 0 Å². The summed E-state index contributed by atoms with van der Waals surface area (Å²) < 4.78 is 0. The van der Waals surface area contributed by atoms with E-state index in [0.29, 0.717) is 40.7 Å². The standard InChI is InChI=1S/C25H31ClN6O/c1-16(2)15-32-9-6-20(7-10-32)31-24-22(26)12-19(14-29-24)25(33)30-13-17-3-4-21-18(11-17)5-8-28-23(21)27/h3-5,8,11-12,14,16,20H,6-7,9-10,13,15H2,1-2H3,(H2,27,28)(H,29,31)(H,30,33). The highest BCUT2D eigenvalue weighted by Gasteiger charge is 2.21. The van der Waals surface area contributed by atoms with Crippen LogP contribution in [0, 0.1) is 5.92 Å². The van der Waals surface area contributed by atoms with Gasteiger partial charge in [-0.15, -0.1) is 0 Å². The summed E-state index contributed by atoms with van der Waals surface area (Å²) in [7, 11) is 0. The zero-order valence-corrected chi connectivity index (χ0v) is 19.9. The monoisotopic (exact) mass is 466 g/mol. The fourth-order valence-corrected chi connectivity index (χ4v) is 4.50. The van der Waals surface area contributed by atoms with Gasteiger partial charge in [0.1, 0.15) is 11.6 Å². The van der Waals surface area contributed by atoms with Crippen molar-refractivity contribution in [3.8, 4) is 0 Å². The predicted molar refractivity (Wildman–Crippen MR) is 134 cm³/mol. The van der Waals surface area contributed by atoms with Crippen LogP contribution in [0.4, 0.5) is 11.6 Å². The molecule has 1 aliphatic heterocycles. The Morgan fingerprint density at radius 2 is 2.00 bits per heavy atom. The summed E-state index contributed by atoms with van der Waals surface area (Å²) in [5.74, 6) is 1.60. The number of nitrogens with two attached hydrogens (primary N) is 1. The topological polar surface area (TPSA) is 96.2 Å². The lowest BCUT2D eigenvalue weighted by atomic mass is 10.0. The number of fused-ring (bicyclic) bond motifs is 1. The van der Waals surface area contributed by atoms with Gasteiger partial charge in [0.15, 0.2) is 0 Å². The van der Waals surface area contributed by atoms with Crippen LogP contribution >= 0.6 is 11.6 Å². The number of carbonyl (C=O) groups excluding carboxylic acids is 1. The van der Waals surface area contributed by atoms with Gasteiger partial charge in [-0.1, -0.05) is 37.6 Å². The van der Waals surface area contributed by atoms with Crippen LogP contribution in [0.5, 0.6) is 0 Å². The molecular formula is C25H31ClN6O. The summed E-state index contributed by atoms with van der Waals surface area (Å²) in [6.45, 7) is 8.18. The second-order valence-corrected chi connectivity index (χ2v) is 9.51. The molecule has 1 amide bonds. The number of nitrogens with one attached hydrogen (secondary N) is 2. The number of piperidine rings is 1. The number of rotatable bonds is 7. The molecule has 8 heteroatoms. The van der Waals surface area contributed by atoms with Crippen LogP contribution in [0.1, 0.15) is 42.6 Å². The third-order valence-electron chi connectivity index (χ3n) is 5.97.